The van der Waals surface area contributed by atoms with Crippen LogP contribution < -0.4 is 10.6 Å². The average molecular weight is 269 g/mol. The third-order valence-electron chi connectivity index (χ3n) is 4.35. The van der Waals surface area contributed by atoms with Crippen molar-refractivity contribution >= 4 is 5.69 Å². The summed E-state index contributed by atoms with van der Waals surface area (Å²) in [7, 11) is 0. The van der Waals surface area contributed by atoms with Crippen LogP contribution in [0.2, 0.25) is 0 Å². The van der Waals surface area contributed by atoms with E-state index in [1.54, 1.807) is 0 Å². The summed E-state index contributed by atoms with van der Waals surface area (Å²) in [6.07, 6.45) is 7.61. The molecule has 2 N–H and O–H groups in total. The van der Waals surface area contributed by atoms with Gasteiger partial charge in [-0.3, -0.25) is 0 Å². The zero-order valence-electron chi connectivity index (χ0n) is 12.1. The Labute approximate surface area is 121 Å². The molecule has 3 rings (SSSR count). The molecule has 0 radical (unpaired) electrons. The van der Waals surface area contributed by atoms with Gasteiger partial charge in [0.1, 0.15) is 0 Å². The van der Waals surface area contributed by atoms with Crippen LogP contribution in [0.5, 0.6) is 0 Å². The molecule has 2 atom stereocenters. The Bertz CT molecular complexity index is 547. The van der Waals surface area contributed by atoms with Gasteiger partial charge in [0, 0.05) is 37.1 Å². The van der Waals surface area contributed by atoms with Crippen molar-refractivity contribution in [1.29, 1.82) is 0 Å². The Kier molecular flexibility index (Phi) is 3.79. The van der Waals surface area contributed by atoms with Crippen LogP contribution in [0.1, 0.15) is 31.4 Å². The van der Waals surface area contributed by atoms with E-state index >= 15 is 0 Å². The summed E-state index contributed by atoms with van der Waals surface area (Å²) in [5, 5.41) is 0. The maximum Gasteiger partial charge on any atom is 0.0790 e. The minimum absolute atomic E-state index is 0.101. The summed E-state index contributed by atoms with van der Waals surface area (Å²) in [5.74, 6) is 0. The fourth-order valence-electron chi connectivity index (χ4n) is 3.23. The van der Waals surface area contributed by atoms with Gasteiger partial charge in [-0.1, -0.05) is 25.1 Å². The number of anilines is 1. The first-order chi connectivity index (χ1) is 9.79. The van der Waals surface area contributed by atoms with Crippen LogP contribution in [-0.4, -0.2) is 17.3 Å². The second-order valence-corrected chi connectivity index (χ2v) is 5.55. The Morgan fingerprint density at radius 1 is 1.15 bits per heavy atom. The van der Waals surface area contributed by atoms with E-state index in [1.165, 1.54) is 11.3 Å². The largest absolute Gasteiger partial charge is 0.356 e. The number of piperidine rings is 1. The number of hydrogen-bond donors (Lipinski definition) is 1. The Morgan fingerprint density at radius 3 is 2.60 bits per heavy atom. The van der Waals surface area contributed by atoms with Crippen molar-refractivity contribution in [3.8, 4) is 0 Å². The number of nitrogens with two attached hydrogens (primary N) is 1. The Hall–Kier alpha value is -1.74. The summed E-state index contributed by atoms with van der Waals surface area (Å²) in [4.78, 5) is 2.37. The van der Waals surface area contributed by atoms with Crippen molar-refractivity contribution in [2.75, 3.05) is 11.4 Å². The van der Waals surface area contributed by atoms with Crippen LogP contribution in [0.15, 0.2) is 48.8 Å². The molecule has 2 unspecified atom stereocenters. The Balaban J connectivity index is 1.77. The smallest absolute Gasteiger partial charge is 0.0790 e. The molecule has 1 fully saturated rings. The van der Waals surface area contributed by atoms with Gasteiger partial charge in [0.25, 0.3) is 0 Å². The van der Waals surface area contributed by atoms with E-state index in [0.29, 0.717) is 6.04 Å². The van der Waals surface area contributed by atoms with Gasteiger partial charge in [0.05, 0.1) is 6.17 Å². The molecule has 0 bridgehead atoms. The third-order valence-corrected chi connectivity index (χ3v) is 4.35. The van der Waals surface area contributed by atoms with Crippen LogP contribution in [0.4, 0.5) is 5.69 Å². The fourth-order valence-corrected chi connectivity index (χ4v) is 3.23. The van der Waals surface area contributed by atoms with Crippen LogP contribution in [0.25, 0.3) is 0 Å². The summed E-state index contributed by atoms with van der Waals surface area (Å²) in [6, 6.07) is 13.3. The van der Waals surface area contributed by atoms with Gasteiger partial charge in [-0.15, -0.1) is 0 Å². The molecule has 1 aromatic carbocycles. The number of para-hydroxylation sites is 1. The van der Waals surface area contributed by atoms with E-state index in [-0.39, 0.29) is 6.17 Å². The average Bonchev–Trinajstić information content (AvgIpc) is 3.01. The van der Waals surface area contributed by atoms with Crippen LogP contribution in [0, 0.1) is 0 Å². The normalized spacial score (nSPS) is 23.0. The first kappa shape index (κ1) is 13.3. The van der Waals surface area contributed by atoms with Gasteiger partial charge in [0.2, 0.25) is 0 Å². The molecule has 2 aromatic rings. The lowest BCUT2D eigenvalue weighted by molar-refractivity contribution is 0.341. The summed E-state index contributed by atoms with van der Waals surface area (Å²) >= 11 is 0. The van der Waals surface area contributed by atoms with Crippen molar-refractivity contribution in [1.82, 2.24) is 4.57 Å². The number of aromatic nitrogens is 1. The van der Waals surface area contributed by atoms with Gasteiger partial charge >= 0.3 is 0 Å². The summed E-state index contributed by atoms with van der Waals surface area (Å²) < 4.78 is 2.29. The molecule has 1 aliphatic heterocycles. The third kappa shape index (κ3) is 2.46. The molecule has 1 aromatic heterocycles. The highest BCUT2D eigenvalue weighted by molar-refractivity contribution is 5.54. The molecule has 0 spiro atoms. The second kappa shape index (κ2) is 5.71. The van der Waals surface area contributed by atoms with E-state index < -0.39 is 0 Å². The minimum atomic E-state index is 0.101. The standard InChI is InChI=1S/C17H23N3/c1-2-14-7-3-4-8-16(14)20-12-9-15(13-17(20)18)19-10-5-6-11-19/h3-8,10-11,15,17H,2,9,12-13,18H2,1H3. The van der Waals surface area contributed by atoms with Gasteiger partial charge in [-0.05, 0) is 36.6 Å². The summed E-state index contributed by atoms with van der Waals surface area (Å²) in [6.45, 7) is 3.23. The molecule has 106 valence electrons. The maximum atomic E-state index is 6.44. The van der Waals surface area contributed by atoms with Crippen molar-refractivity contribution in [3.63, 3.8) is 0 Å². The topological polar surface area (TPSA) is 34.2 Å². The predicted molar refractivity (Wildman–Crippen MR) is 83.8 cm³/mol. The number of nitrogens with zero attached hydrogens (tertiary/aromatic N) is 2. The van der Waals surface area contributed by atoms with Crippen molar-refractivity contribution in [2.24, 2.45) is 5.73 Å². The number of benzene rings is 1. The lowest BCUT2D eigenvalue weighted by Gasteiger charge is -2.40. The zero-order valence-corrected chi connectivity index (χ0v) is 12.1. The lowest BCUT2D eigenvalue weighted by Crippen LogP contribution is -2.48. The lowest BCUT2D eigenvalue weighted by atomic mass is 9.99. The molecule has 3 nitrogen and oxygen atoms in total. The van der Waals surface area contributed by atoms with Crippen molar-refractivity contribution < 1.29 is 0 Å². The van der Waals surface area contributed by atoms with Crippen LogP contribution in [-0.2, 0) is 6.42 Å². The number of rotatable bonds is 3. The first-order valence-corrected chi connectivity index (χ1v) is 7.52. The molecule has 1 aliphatic rings. The maximum absolute atomic E-state index is 6.44. The van der Waals surface area contributed by atoms with Gasteiger partial charge in [-0.25, -0.2) is 0 Å². The SMILES string of the molecule is CCc1ccccc1N1CCC(n2cccc2)CC1N. The minimum Gasteiger partial charge on any atom is -0.356 e. The molecule has 2 heterocycles. The number of aryl methyl sites for hydroxylation is 1. The first-order valence-electron chi connectivity index (χ1n) is 7.52. The van der Waals surface area contributed by atoms with E-state index in [9.17, 15) is 0 Å². The van der Waals surface area contributed by atoms with Crippen molar-refractivity contribution in [3.05, 3.63) is 54.4 Å². The second-order valence-electron chi connectivity index (χ2n) is 5.55. The van der Waals surface area contributed by atoms with Gasteiger partial charge in [0.15, 0.2) is 0 Å². The Morgan fingerprint density at radius 2 is 1.90 bits per heavy atom. The zero-order chi connectivity index (χ0) is 13.9. The molecular weight excluding hydrogens is 246 g/mol. The fraction of sp³-hybridized carbons (Fsp3) is 0.412. The van der Waals surface area contributed by atoms with Gasteiger partial charge in [-0.2, -0.15) is 0 Å². The molecule has 20 heavy (non-hydrogen) atoms. The quantitative estimate of drug-likeness (QED) is 0.928. The highest BCUT2D eigenvalue weighted by Gasteiger charge is 2.27. The van der Waals surface area contributed by atoms with Crippen molar-refractivity contribution in [2.45, 2.75) is 38.4 Å². The molecule has 0 aliphatic carbocycles. The highest BCUT2D eigenvalue weighted by atomic mass is 15.2. The summed E-state index contributed by atoms with van der Waals surface area (Å²) in [5.41, 5.74) is 9.15. The monoisotopic (exact) mass is 269 g/mol. The van der Waals surface area contributed by atoms with E-state index in [0.717, 1.165) is 25.8 Å². The van der Waals surface area contributed by atoms with Crippen LogP contribution in [0.3, 0.4) is 0 Å². The van der Waals surface area contributed by atoms with Crippen LogP contribution >= 0.6 is 0 Å². The predicted octanol–water partition coefficient (Wildman–Crippen LogP) is 3.18. The van der Waals surface area contributed by atoms with E-state index in [4.69, 9.17) is 5.73 Å². The molecular formula is C17H23N3. The van der Waals surface area contributed by atoms with E-state index in [1.807, 2.05) is 0 Å². The molecule has 3 heteroatoms. The molecule has 0 saturated carbocycles. The van der Waals surface area contributed by atoms with E-state index in [2.05, 4.69) is 65.2 Å². The highest BCUT2D eigenvalue weighted by Crippen LogP contribution is 2.31. The number of hydrogen-bond acceptors (Lipinski definition) is 2. The molecule has 0 amide bonds. The molecule has 1 saturated heterocycles. The van der Waals surface area contributed by atoms with Gasteiger partial charge < -0.3 is 15.2 Å².